The van der Waals surface area contributed by atoms with E-state index in [1.807, 2.05) is 18.2 Å². The van der Waals surface area contributed by atoms with Crippen molar-refractivity contribution in [3.05, 3.63) is 29.8 Å². The van der Waals surface area contributed by atoms with E-state index in [1.165, 1.54) is 19.5 Å². The standard InChI is InChI=1S/C14H20N2O/c1-15-12-8-13(15)10-16(9-12)7-6-11-4-2-3-5-14(11)17/h2-5,12-13,17H,6-10H2,1H3. The van der Waals surface area contributed by atoms with Crippen LogP contribution >= 0.6 is 0 Å². The molecule has 3 fully saturated rings. The van der Waals surface area contributed by atoms with Crippen LogP contribution in [0.15, 0.2) is 24.3 Å². The summed E-state index contributed by atoms with van der Waals surface area (Å²) in [4.78, 5) is 5.03. The van der Waals surface area contributed by atoms with Crippen LogP contribution in [0, 0.1) is 0 Å². The zero-order valence-electron chi connectivity index (χ0n) is 10.3. The molecule has 1 aromatic rings. The molecule has 3 saturated heterocycles. The van der Waals surface area contributed by atoms with E-state index < -0.39 is 0 Å². The number of para-hydroxylation sites is 1. The number of benzene rings is 1. The second-order valence-corrected chi connectivity index (χ2v) is 5.35. The van der Waals surface area contributed by atoms with Crippen molar-refractivity contribution >= 4 is 0 Å². The molecule has 0 radical (unpaired) electrons. The van der Waals surface area contributed by atoms with Crippen LogP contribution in [0.25, 0.3) is 0 Å². The Balaban J connectivity index is 1.54. The highest BCUT2D eigenvalue weighted by Crippen LogP contribution is 2.30. The van der Waals surface area contributed by atoms with Gasteiger partial charge in [0, 0.05) is 31.7 Å². The van der Waals surface area contributed by atoms with Gasteiger partial charge in [-0.15, -0.1) is 0 Å². The van der Waals surface area contributed by atoms with Crippen LogP contribution in [0.5, 0.6) is 5.75 Å². The van der Waals surface area contributed by atoms with E-state index in [0.717, 1.165) is 30.6 Å². The van der Waals surface area contributed by atoms with Gasteiger partial charge in [-0.1, -0.05) is 18.2 Å². The van der Waals surface area contributed by atoms with Crippen LogP contribution in [-0.2, 0) is 6.42 Å². The predicted molar refractivity (Wildman–Crippen MR) is 68.2 cm³/mol. The molecule has 3 heteroatoms. The van der Waals surface area contributed by atoms with Crippen molar-refractivity contribution in [3.8, 4) is 5.75 Å². The summed E-state index contributed by atoms with van der Waals surface area (Å²) in [7, 11) is 2.24. The van der Waals surface area contributed by atoms with Crippen LogP contribution in [0.3, 0.4) is 0 Å². The molecule has 3 nitrogen and oxygen atoms in total. The van der Waals surface area contributed by atoms with E-state index in [4.69, 9.17) is 0 Å². The summed E-state index contributed by atoms with van der Waals surface area (Å²) in [5.74, 6) is 0.437. The molecular weight excluding hydrogens is 212 g/mol. The van der Waals surface area contributed by atoms with Crippen LogP contribution in [0.4, 0.5) is 0 Å². The minimum Gasteiger partial charge on any atom is -0.508 e. The maximum absolute atomic E-state index is 9.72. The monoisotopic (exact) mass is 232 g/mol. The Bertz CT molecular complexity index is 395. The number of piperidine rings is 1. The summed E-state index contributed by atoms with van der Waals surface area (Å²) in [6.07, 6.45) is 2.33. The lowest BCUT2D eigenvalue weighted by atomic mass is 9.88. The Morgan fingerprint density at radius 2 is 1.94 bits per heavy atom. The van der Waals surface area contributed by atoms with Gasteiger partial charge in [-0.25, -0.2) is 0 Å². The molecule has 4 rings (SSSR count). The summed E-state index contributed by atoms with van der Waals surface area (Å²) in [6.45, 7) is 3.46. The van der Waals surface area contributed by atoms with Gasteiger partial charge in [0.05, 0.1) is 0 Å². The molecule has 2 unspecified atom stereocenters. The highest BCUT2D eigenvalue weighted by molar-refractivity contribution is 5.31. The molecule has 1 N–H and O–H groups in total. The third kappa shape index (κ3) is 2.05. The molecule has 1 aromatic carbocycles. The molecule has 0 amide bonds. The zero-order valence-corrected chi connectivity index (χ0v) is 10.3. The van der Waals surface area contributed by atoms with Crippen LogP contribution < -0.4 is 0 Å². The average Bonchev–Trinajstić information content (AvgIpc) is 2.37. The summed E-state index contributed by atoms with van der Waals surface area (Å²) >= 11 is 0. The lowest BCUT2D eigenvalue weighted by molar-refractivity contribution is -0.0497. The van der Waals surface area contributed by atoms with Crippen molar-refractivity contribution in [2.24, 2.45) is 0 Å². The van der Waals surface area contributed by atoms with Crippen molar-refractivity contribution < 1.29 is 5.11 Å². The molecule has 2 bridgehead atoms. The smallest absolute Gasteiger partial charge is 0.118 e. The minimum absolute atomic E-state index is 0.437. The van der Waals surface area contributed by atoms with Crippen molar-refractivity contribution in [1.82, 2.24) is 9.80 Å². The van der Waals surface area contributed by atoms with Crippen molar-refractivity contribution in [2.45, 2.75) is 24.9 Å². The van der Waals surface area contributed by atoms with Crippen molar-refractivity contribution in [1.29, 1.82) is 0 Å². The maximum atomic E-state index is 9.72. The van der Waals surface area contributed by atoms with E-state index in [0.29, 0.717) is 5.75 Å². The highest BCUT2D eigenvalue weighted by Gasteiger charge is 2.41. The summed E-state index contributed by atoms with van der Waals surface area (Å²) < 4.78 is 0. The number of likely N-dealkylation sites (N-methyl/N-ethyl adjacent to an activating group) is 1. The van der Waals surface area contributed by atoms with Crippen molar-refractivity contribution in [3.63, 3.8) is 0 Å². The molecule has 0 spiro atoms. The first-order valence-corrected chi connectivity index (χ1v) is 6.45. The molecule has 3 aliphatic heterocycles. The van der Waals surface area contributed by atoms with E-state index in [1.54, 1.807) is 6.07 Å². The number of rotatable bonds is 3. The average molecular weight is 232 g/mol. The molecule has 3 aliphatic rings. The fraction of sp³-hybridized carbons (Fsp3) is 0.571. The topological polar surface area (TPSA) is 26.7 Å². The molecule has 0 aliphatic carbocycles. The second kappa shape index (κ2) is 4.31. The summed E-state index contributed by atoms with van der Waals surface area (Å²) in [6, 6.07) is 9.22. The van der Waals surface area contributed by atoms with Gasteiger partial charge in [-0.3, -0.25) is 9.80 Å². The Labute approximate surface area is 103 Å². The number of hydrogen-bond donors (Lipinski definition) is 1. The van der Waals surface area contributed by atoms with Gasteiger partial charge in [0.15, 0.2) is 0 Å². The normalized spacial score (nSPS) is 29.0. The Morgan fingerprint density at radius 1 is 1.24 bits per heavy atom. The van der Waals surface area contributed by atoms with Crippen LogP contribution in [0.1, 0.15) is 12.0 Å². The SMILES string of the molecule is CN1C2CC1CN(CCc1ccccc1O)C2. The molecule has 3 heterocycles. The zero-order chi connectivity index (χ0) is 11.8. The van der Waals surface area contributed by atoms with E-state index in [2.05, 4.69) is 16.8 Å². The Morgan fingerprint density at radius 3 is 2.59 bits per heavy atom. The number of nitrogens with zero attached hydrogens (tertiary/aromatic N) is 2. The third-order valence-corrected chi connectivity index (χ3v) is 4.32. The number of aromatic hydroxyl groups is 1. The quantitative estimate of drug-likeness (QED) is 0.851. The van der Waals surface area contributed by atoms with Crippen LogP contribution in [0.2, 0.25) is 0 Å². The lowest BCUT2D eigenvalue weighted by Gasteiger charge is -2.55. The Hall–Kier alpha value is -1.06. The number of phenolic OH excluding ortho intramolecular Hbond substituents is 1. The van der Waals surface area contributed by atoms with E-state index in [9.17, 15) is 5.11 Å². The molecule has 92 valence electrons. The number of phenols is 1. The number of fused-ring (bicyclic) bond motifs is 2. The highest BCUT2D eigenvalue weighted by atomic mass is 16.3. The minimum atomic E-state index is 0.437. The second-order valence-electron chi connectivity index (χ2n) is 5.35. The number of hydrogen-bond acceptors (Lipinski definition) is 3. The van der Waals surface area contributed by atoms with Crippen molar-refractivity contribution in [2.75, 3.05) is 26.7 Å². The maximum Gasteiger partial charge on any atom is 0.118 e. The fourth-order valence-electron chi connectivity index (χ4n) is 3.07. The first-order valence-electron chi connectivity index (χ1n) is 6.45. The van der Waals surface area contributed by atoms with Gasteiger partial charge >= 0.3 is 0 Å². The summed E-state index contributed by atoms with van der Waals surface area (Å²) in [5, 5.41) is 9.72. The van der Waals surface area contributed by atoms with E-state index in [-0.39, 0.29) is 0 Å². The first kappa shape index (κ1) is 11.1. The fourth-order valence-corrected chi connectivity index (χ4v) is 3.07. The van der Waals surface area contributed by atoms with Gasteiger partial charge in [-0.2, -0.15) is 0 Å². The van der Waals surface area contributed by atoms with Gasteiger partial charge in [0.2, 0.25) is 0 Å². The van der Waals surface area contributed by atoms with Gasteiger partial charge < -0.3 is 5.11 Å². The largest absolute Gasteiger partial charge is 0.508 e. The molecular formula is C14H20N2O. The van der Waals surface area contributed by atoms with Gasteiger partial charge in [0.25, 0.3) is 0 Å². The predicted octanol–water partition coefficient (Wildman–Crippen LogP) is 1.32. The van der Waals surface area contributed by atoms with E-state index >= 15 is 0 Å². The number of piperazine rings is 1. The molecule has 0 aromatic heterocycles. The third-order valence-electron chi connectivity index (χ3n) is 4.32. The summed E-state index contributed by atoms with van der Waals surface area (Å²) in [5.41, 5.74) is 1.07. The first-order chi connectivity index (χ1) is 8.24. The molecule has 17 heavy (non-hydrogen) atoms. The lowest BCUT2D eigenvalue weighted by Crippen LogP contribution is -2.67. The Kier molecular flexibility index (Phi) is 2.81. The van der Waals surface area contributed by atoms with Crippen LogP contribution in [-0.4, -0.2) is 53.7 Å². The van der Waals surface area contributed by atoms with Gasteiger partial charge in [0.1, 0.15) is 5.75 Å². The molecule has 0 saturated carbocycles. The van der Waals surface area contributed by atoms with Gasteiger partial charge in [-0.05, 0) is 31.5 Å². The molecule has 2 atom stereocenters.